The van der Waals surface area contributed by atoms with E-state index >= 15 is 0 Å². The number of aliphatic carboxylic acids is 1. The van der Waals surface area contributed by atoms with Crippen LogP contribution < -0.4 is 0 Å². The second-order valence-electron chi connectivity index (χ2n) is 6.43. The number of rotatable bonds is 5. The second kappa shape index (κ2) is 6.20. The lowest BCUT2D eigenvalue weighted by molar-refractivity contribution is -0.142. The van der Waals surface area contributed by atoms with Crippen molar-refractivity contribution in [1.29, 1.82) is 0 Å². The Hall–Kier alpha value is -1.48. The van der Waals surface area contributed by atoms with Gasteiger partial charge in [-0.1, -0.05) is 25.7 Å². The predicted octanol–water partition coefficient (Wildman–Crippen LogP) is 0.765. The molecule has 0 amide bonds. The lowest BCUT2D eigenvalue weighted by Gasteiger charge is -2.32. The molecule has 8 nitrogen and oxygen atoms in total. The van der Waals surface area contributed by atoms with Gasteiger partial charge in [0.25, 0.3) is 0 Å². The summed E-state index contributed by atoms with van der Waals surface area (Å²) in [6.07, 6.45) is 5.08. The monoisotopic (exact) mass is 342 g/mol. The molecule has 0 spiro atoms. The number of sulfonamides is 1. The molecule has 128 valence electrons. The fraction of sp³-hybridized carbons (Fsp3) is 0.786. The van der Waals surface area contributed by atoms with Crippen molar-refractivity contribution in [2.45, 2.75) is 58.2 Å². The molecule has 1 aromatic rings. The molecule has 0 aromatic carbocycles. The SMILES string of the molecule is Cc1nnc2n1CC(C(=O)O)N(S(=O)(=O)CCC1CCCC1)C2. The van der Waals surface area contributed by atoms with Crippen LogP contribution in [0.2, 0.25) is 0 Å². The van der Waals surface area contributed by atoms with Crippen LogP contribution in [-0.2, 0) is 27.9 Å². The van der Waals surface area contributed by atoms with Gasteiger partial charge in [0.1, 0.15) is 17.7 Å². The van der Waals surface area contributed by atoms with Gasteiger partial charge in [-0.25, -0.2) is 8.42 Å². The molecule has 1 aliphatic carbocycles. The molecule has 1 aliphatic heterocycles. The molecule has 1 fully saturated rings. The minimum Gasteiger partial charge on any atom is -0.480 e. The molecule has 23 heavy (non-hydrogen) atoms. The summed E-state index contributed by atoms with van der Waals surface area (Å²) in [6.45, 7) is 1.77. The summed E-state index contributed by atoms with van der Waals surface area (Å²) in [5.74, 6) is 0.435. The minimum atomic E-state index is -3.63. The summed E-state index contributed by atoms with van der Waals surface area (Å²) < 4.78 is 28.1. The molecule has 1 N–H and O–H groups in total. The molecule has 9 heteroatoms. The first-order chi connectivity index (χ1) is 10.9. The fourth-order valence-corrected chi connectivity index (χ4v) is 5.24. The summed E-state index contributed by atoms with van der Waals surface area (Å²) >= 11 is 0. The molecular formula is C14H22N4O4S. The maximum Gasteiger partial charge on any atom is 0.323 e. The van der Waals surface area contributed by atoms with E-state index in [2.05, 4.69) is 10.2 Å². The maximum atomic E-state index is 12.7. The maximum absolute atomic E-state index is 12.7. The number of carbonyl (C=O) groups is 1. The third kappa shape index (κ3) is 3.25. The van der Waals surface area contributed by atoms with E-state index in [1.165, 1.54) is 0 Å². The zero-order valence-corrected chi connectivity index (χ0v) is 14.0. The van der Waals surface area contributed by atoms with E-state index in [1.807, 2.05) is 0 Å². The zero-order chi connectivity index (χ0) is 16.6. The molecule has 1 unspecified atom stereocenters. The van der Waals surface area contributed by atoms with Crippen molar-refractivity contribution >= 4 is 16.0 Å². The summed E-state index contributed by atoms with van der Waals surface area (Å²) in [5, 5.41) is 17.3. The summed E-state index contributed by atoms with van der Waals surface area (Å²) in [5.41, 5.74) is 0. The highest BCUT2D eigenvalue weighted by Gasteiger charge is 2.40. The molecule has 2 aliphatic rings. The third-order valence-corrected chi connectivity index (χ3v) is 6.76. The Kier molecular flexibility index (Phi) is 4.41. The van der Waals surface area contributed by atoms with Crippen LogP contribution in [0, 0.1) is 12.8 Å². The van der Waals surface area contributed by atoms with Gasteiger partial charge in [-0.3, -0.25) is 4.79 Å². The van der Waals surface area contributed by atoms with Crippen LogP contribution in [0.5, 0.6) is 0 Å². The van der Waals surface area contributed by atoms with Gasteiger partial charge in [0.15, 0.2) is 0 Å². The van der Waals surface area contributed by atoms with Crippen LogP contribution in [0.3, 0.4) is 0 Å². The van der Waals surface area contributed by atoms with Crippen molar-refractivity contribution in [3.63, 3.8) is 0 Å². The Balaban J connectivity index is 1.79. The molecule has 1 atom stereocenters. The first-order valence-electron chi connectivity index (χ1n) is 7.99. The van der Waals surface area contributed by atoms with Gasteiger partial charge >= 0.3 is 5.97 Å². The highest BCUT2D eigenvalue weighted by Crippen LogP contribution is 2.29. The number of aromatic nitrogens is 3. The molecular weight excluding hydrogens is 320 g/mol. The second-order valence-corrected chi connectivity index (χ2v) is 8.47. The van der Waals surface area contributed by atoms with Crippen molar-refractivity contribution in [2.24, 2.45) is 5.92 Å². The van der Waals surface area contributed by atoms with Gasteiger partial charge in [0.2, 0.25) is 10.0 Å². The van der Waals surface area contributed by atoms with Crippen LogP contribution in [-0.4, -0.2) is 50.4 Å². The van der Waals surface area contributed by atoms with Crippen LogP contribution in [0.1, 0.15) is 43.8 Å². The average Bonchev–Trinajstić information content (AvgIpc) is 3.14. The van der Waals surface area contributed by atoms with Crippen molar-refractivity contribution in [3.8, 4) is 0 Å². The smallest absolute Gasteiger partial charge is 0.323 e. The van der Waals surface area contributed by atoms with Gasteiger partial charge in [0.05, 0.1) is 18.8 Å². The van der Waals surface area contributed by atoms with Gasteiger partial charge in [-0.05, 0) is 19.3 Å². The van der Waals surface area contributed by atoms with Crippen LogP contribution >= 0.6 is 0 Å². The Morgan fingerprint density at radius 1 is 1.30 bits per heavy atom. The molecule has 1 saturated carbocycles. The van der Waals surface area contributed by atoms with Gasteiger partial charge in [0, 0.05) is 0 Å². The zero-order valence-electron chi connectivity index (χ0n) is 13.2. The third-order valence-electron chi connectivity index (χ3n) is 4.91. The molecule has 0 bridgehead atoms. The van der Waals surface area contributed by atoms with E-state index < -0.39 is 22.0 Å². The lowest BCUT2D eigenvalue weighted by Crippen LogP contribution is -2.51. The molecule has 0 radical (unpaired) electrons. The fourth-order valence-electron chi connectivity index (χ4n) is 3.52. The molecule has 3 rings (SSSR count). The highest BCUT2D eigenvalue weighted by atomic mass is 32.2. The Bertz CT molecular complexity index is 694. The Morgan fingerprint density at radius 3 is 2.65 bits per heavy atom. The number of fused-ring (bicyclic) bond motifs is 1. The van der Waals surface area contributed by atoms with Crippen LogP contribution in [0.15, 0.2) is 0 Å². The van der Waals surface area contributed by atoms with Crippen LogP contribution in [0.25, 0.3) is 0 Å². The van der Waals surface area contributed by atoms with E-state index in [1.54, 1.807) is 11.5 Å². The number of hydrogen-bond acceptors (Lipinski definition) is 5. The van der Waals surface area contributed by atoms with Crippen LogP contribution in [0.4, 0.5) is 0 Å². The van der Waals surface area contributed by atoms with Crippen molar-refractivity contribution in [3.05, 3.63) is 11.6 Å². The average molecular weight is 342 g/mol. The van der Waals surface area contributed by atoms with Gasteiger partial charge < -0.3 is 9.67 Å². The lowest BCUT2D eigenvalue weighted by atomic mass is 10.1. The largest absolute Gasteiger partial charge is 0.480 e. The normalized spacial score (nSPS) is 23.1. The van der Waals surface area contributed by atoms with Crippen molar-refractivity contribution < 1.29 is 18.3 Å². The summed E-state index contributed by atoms with van der Waals surface area (Å²) in [6, 6.07) is -1.09. The van der Waals surface area contributed by atoms with E-state index in [0.29, 0.717) is 24.0 Å². The summed E-state index contributed by atoms with van der Waals surface area (Å²) in [4.78, 5) is 11.6. The van der Waals surface area contributed by atoms with Crippen molar-refractivity contribution in [1.82, 2.24) is 19.1 Å². The first-order valence-corrected chi connectivity index (χ1v) is 9.60. The Labute approximate surface area is 135 Å². The number of carboxylic acid groups (broad SMARTS) is 1. The molecule has 1 aromatic heterocycles. The topological polar surface area (TPSA) is 105 Å². The summed E-state index contributed by atoms with van der Waals surface area (Å²) in [7, 11) is -3.63. The predicted molar refractivity (Wildman–Crippen MR) is 82.1 cm³/mol. The number of hydrogen-bond donors (Lipinski definition) is 1. The minimum absolute atomic E-state index is 0.00850. The van der Waals surface area contributed by atoms with E-state index in [4.69, 9.17) is 0 Å². The standard InChI is InChI=1S/C14H22N4O4S/c1-10-15-16-13-9-18(12(14(19)20)8-17(10)13)23(21,22)7-6-11-4-2-3-5-11/h11-12H,2-9H2,1H3,(H,19,20). The molecule has 0 saturated heterocycles. The number of nitrogens with zero attached hydrogens (tertiary/aromatic N) is 4. The first kappa shape index (κ1) is 16.4. The van der Waals surface area contributed by atoms with Gasteiger partial charge in [-0.2, -0.15) is 4.31 Å². The highest BCUT2D eigenvalue weighted by molar-refractivity contribution is 7.89. The van der Waals surface area contributed by atoms with Gasteiger partial charge in [-0.15, -0.1) is 10.2 Å². The Morgan fingerprint density at radius 2 is 2.00 bits per heavy atom. The van der Waals surface area contributed by atoms with E-state index in [0.717, 1.165) is 30.0 Å². The number of aryl methyl sites for hydroxylation is 1. The number of carboxylic acids is 1. The van der Waals surface area contributed by atoms with E-state index in [9.17, 15) is 18.3 Å². The quantitative estimate of drug-likeness (QED) is 0.847. The van der Waals surface area contributed by atoms with E-state index in [-0.39, 0.29) is 18.8 Å². The van der Waals surface area contributed by atoms with Crippen molar-refractivity contribution in [2.75, 3.05) is 5.75 Å². The molecule has 2 heterocycles.